The number of alkyl carbamates (subject to hydrolysis) is 1. The lowest BCUT2D eigenvalue weighted by molar-refractivity contribution is -0.141. The number of ether oxygens (including phenoxy) is 2. The van der Waals surface area contributed by atoms with Crippen LogP contribution in [0, 0.1) is 17.3 Å². The minimum absolute atomic E-state index is 0.0322. The summed E-state index contributed by atoms with van der Waals surface area (Å²) in [6.07, 6.45) is 6.07. The summed E-state index contributed by atoms with van der Waals surface area (Å²) < 4.78 is 9.95. The van der Waals surface area contributed by atoms with E-state index < -0.39 is 23.7 Å². The zero-order valence-electron chi connectivity index (χ0n) is 18.5. The van der Waals surface area contributed by atoms with Crippen molar-refractivity contribution in [1.29, 1.82) is 0 Å². The van der Waals surface area contributed by atoms with E-state index in [4.69, 9.17) is 16.3 Å². The first-order chi connectivity index (χ1) is 13.9. The van der Waals surface area contributed by atoms with Gasteiger partial charge >= 0.3 is 12.1 Å². The van der Waals surface area contributed by atoms with Crippen molar-refractivity contribution in [3.05, 3.63) is 0 Å². The molecule has 0 aromatic carbocycles. The molecule has 170 valence electrons. The lowest BCUT2D eigenvalue weighted by atomic mass is 9.49. The summed E-state index contributed by atoms with van der Waals surface area (Å²) in [5.41, 5.74) is -0.637. The number of rotatable bonds is 7. The van der Waals surface area contributed by atoms with Gasteiger partial charge in [0, 0.05) is 17.8 Å². The fourth-order valence-corrected chi connectivity index (χ4v) is 6.74. The third-order valence-electron chi connectivity index (χ3n) is 6.62. The zero-order valence-corrected chi connectivity index (χ0v) is 19.3. The summed E-state index contributed by atoms with van der Waals surface area (Å²) in [5, 5.41) is 5.66. The second kappa shape index (κ2) is 8.56. The van der Waals surface area contributed by atoms with Gasteiger partial charge in [0.15, 0.2) is 0 Å². The number of nitrogens with one attached hydrogen (secondary N) is 2. The number of amides is 2. The summed E-state index contributed by atoms with van der Waals surface area (Å²) in [4.78, 5) is 36.6. The van der Waals surface area contributed by atoms with Crippen molar-refractivity contribution in [2.45, 2.75) is 88.7 Å². The van der Waals surface area contributed by atoms with Gasteiger partial charge in [-0.3, -0.25) is 9.59 Å². The van der Waals surface area contributed by atoms with E-state index in [1.807, 2.05) is 0 Å². The van der Waals surface area contributed by atoms with E-state index in [2.05, 4.69) is 15.4 Å². The van der Waals surface area contributed by atoms with Crippen LogP contribution in [0.3, 0.4) is 0 Å². The molecule has 0 spiro atoms. The van der Waals surface area contributed by atoms with Gasteiger partial charge in [0.05, 0.1) is 7.11 Å². The van der Waals surface area contributed by atoms with Crippen molar-refractivity contribution < 1.29 is 23.9 Å². The largest absolute Gasteiger partial charge is 0.469 e. The SMILES string of the molecule is COC(=O)CC[C@H](NC(=O)OC(C)(C)C)C(=O)NCC12C[C@H]3C[C@@H](CC(Cl)(C3)C1)C2. The van der Waals surface area contributed by atoms with E-state index in [1.54, 1.807) is 20.8 Å². The summed E-state index contributed by atoms with van der Waals surface area (Å²) >= 11 is 6.89. The minimum Gasteiger partial charge on any atom is -0.469 e. The third kappa shape index (κ3) is 5.80. The smallest absolute Gasteiger partial charge is 0.408 e. The highest BCUT2D eigenvalue weighted by molar-refractivity contribution is 6.24. The summed E-state index contributed by atoms with van der Waals surface area (Å²) in [7, 11) is 1.30. The quantitative estimate of drug-likeness (QED) is 0.464. The van der Waals surface area contributed by atoms with Gasteiger partial charge < -0.3 is 20.1 Å². The minimum atomic E-state index is -0.863. The Morgan fingerprint density at radius 1 is 1.13 bits per heavy atom. The first-order valence-electron chi connectivity index (χ1n) is 10.9. The molecule has 2 amide bonds. The number of alkyl halides is 1. The number of esters is 1. The molecule has 4 rings (SSSR count). The number of carbonyl (C=O) groups excluding carboxylic acids is 3. The Morgan fingerprint density at radius 2 is 1.77 bits per heavy atom. The average Bonchev–Trinajstić information content (AvgIpc) is 2.59. The first kappa shape index (κ1) is 23.2. The standard InChI is InChI=1S/C22H35ClN2O5/c1-20(2,3)30-19(28)25-16(5-6-17(26)29-4)18(27)24-13-21-8-14-7-15(9-21)11-22(23,10-14)12-21/h14-16H,5-13H2,1-4H3,(H,24,27)(H,25,28)/t14-,15-,16+,21?,22?/m1/s1. The van der Waals surface area contributed by atoms with Crippen molar-refractivity contribution in [2.24, 2.45) is 17.3 Å². The molecule has 0 saturated heterocycles. The molecule has 2 N–H and O–H groups in total. The molecule has 4 saturated carbocycles. The van der Waals surface area contributed by atoms with Crippen molar-refractivity contribution in [3.63, 3.8) is 0 Å². The van der Waals surface area contributed by atoms with Gasteiger partial charge in [0.25, 0.3) is 0 Å². The van der Waals surface area contributed by atoms with Crippen LogP contribution >= 0.6 is 11.6 Å². The molecular weight excluding hydrogens is 408 g/mol. The normalized spacial score (nSPS) is 33.0. The number of hydrogen-bond acceptors (Lipinski definition) is 5. The Labute approximate surface area is 184 Å². The molecule has 3 atom stereocenters. The number of halogens is 1. The summed E-state index contributed by atoms with van der Waals surface area (Å²) in [6, 6.07) is -0.863. The fourth-order valence-electron chi connectivity index (χ4n) is 6.02. The van der Waals surface area contributed by atoms with Gasteiger partial charge in [-0.05, 0) is 83.0 Å². The lowest BCUT2D eigenvalue weighted by Crippen LogP contribution is -2.58. The number of hydrogen-bond donors (Lipinski definition) is 2. The van der Waals surface area contributed by atoms with Gasteiger partial charge in [-0.2, -0.15) is 0 Å². The number of methoxy groups -OCH3 is 1. The fraction of sp³-hybridized carbons (Fsp3) is 0.864. The highest BCUT2D eigenvalue weighted by Crippen LogP contribution is 2.63. The van der Waals surface area contributed by atoms with Crippen LogP contribution in [-0.4, -0.2) is 48.1 Å². The van der Waals surface area contributed by atoms with Crippen LogP contribution < -0.4 is 10.6 Å². The lowest BCUT2D eigenvalue weighted by Gasteiger charge is -2.60. The van der Waals surface area contributed by atoms with Gasteiger partial charge in [0.2, 0.25) is 5.91 Å². The van der Waals surface area contributed by atoms with E-state index >= 15 is 0 Å². The van der Waals surface area contributed by atoms with E-state index in [1.165, 1.54) is 13.5 Å². The van der Waals surface area contributed by atoms with E-state index in [0.29, 0.717) is 18.4 Å². The number of carbonyl (C=O) groups is 3. The second-order valence-corrected chi connectivity index (χ2v) is 11.4. The molecule has 0 aromatic rings. The third-order valence-corrected chi connectivity index (χ3v) is 7.06. The Bertz CT molecular complexity index is 676. The van der Waals surface area contributed by atoms with Crippen LogP contribution in [0.15, 0.2) is 0 Å². The Morgan fingerprint density at radius 3 is 2.30 bits per heavy atom. The van der Waals surface area contributed by atoms with Crippen molar-refractivity contribution in [1.82, 2.24) is 10.6 Å². The molecule has 4 bridgehead atoms. The van der Waals surface area contributed by atoms with E-state index in [0.717, 1.165) is 32.1 Å². The van der Waals surface area contributed by atoms with Crippen LogP contribution in [0.5, 0.6) is 0 Å². The summed E-state index contributed by atoms with van der Waals surface area (Å²) in [5.74, 6) is 0.569. The maximum Gasteiger partial charge on any atom is 0.408 e. The van der Waals surface area contributed by atoms with Crippen LogP contribution in [-0.2, 0) is 19.1 Å². The molecule has 8 heteroatoms. The molecule has 7 nitrogen and oxygen atoms in total. The maximum atomic E-state index is 13.0. The molecule has 4 aliphatic rings. The van der Waals surface area contributed by atoms with Gasteiger partial charge in [-0.15, -0.1) is 11.6 Å². The Balaban J connectivity index is 1.61. The van der Waals surface area contributed by atoms with Crippen molar-refractivity contribution >= 4 is 29.6 Å². The predicted molar refractivity (Wildman–Crippen MR) is 113 cm³/mol. The molecule has 4 aliphatic carbocycles. The van der Waals surface area contributed by atoms with E-state index in [-0.39, 0.29) is 29.0 Å². The Hall–Kier alpha value is -1.50. The van der Waals surface area contributed by atoms with Gasteiger partial charge in [-0.25, -0.2) is 4.79 Å². The molecule has 30 heavy (non-hydrogen) atoms. The molecular formula is C22H35ClN2O5. The molecule has 0 radical (unpaired) electrons. The molecule has 0 aliphatic heterocycles. The summed E-state index contributed by atoms with van der Waals surface area (Å²) in [6.45, 7) is 5.82. The zero-order chi connectivity index (χ0) is 22.2. The van der Waals surface area contributed by atoms with Crippen LogP contribution in [0.4, 0.5) is 4.79 Å². The van der Waals surface area contributed by atoms with E-state index in [9.17, 15) is 14.4 Å². The van der Waals surface area contributed by atoms with Crippen LogP contribution in [0.2, 0.25) is 0 Å². The maximum absolute atomic E-state index is 13.0. The predicted octanol–water partition coefficient (Wildman–Crippen LogP) is 3.53. The monoisotopic (exact) mass is 442 g/mol. The Kier molecular flexibility index (Phi) is 6.61. The average molecular weight is 443 g/mol. The highest BCUT2D eigenvalue weighted by Gasteiger charge is 2.57. The van der Waals surface area contributed by atoms with Crippen molar-refractivity contribution in [3.8, 4) is 0 Å². The molecule has 4 fully saturated rings. The molecule has 0 unspecified atom stereocenters. The topological polar surface area (TPSA) is 93.7 Å². The highest BCUT2D eigenvalue weighted by atomic mass is 35.5. The molecule has 0 heterocycles. The van der Waals surface area contributed by atoms with Crippen LogP contribution in [0.25, 0.3) is 0 Å². The molecule has 0 aromatic heterocycles. The van der Waals surface area contributed by atoms with Gasteiger partial charge in [0.1, 0.15) is 11.6 Å². The van der Waals surface area contributed by atoms with Crippen molar-refractivity contribution in [2.75, 3.05) is 13.7 Å². The second-order valence-electron chi connectivity index (χ2n) is 10.6. The van der Waals surface area contributed by atoms with Gasteiger partial charge in [-0.1, -0.05) is 0 Å². The van der Waals surface area contributed by atoms with Crippen LogP contribution in [0.1, 0.15) is 72.1 Å². The first-order valence-corrected chi connectivity index (χ1v) is 11.3.